The Balaban J connectivity index is 0.0000124. The van der Waals surface area contributed by atoms with Crippen molar-refractivity contribution in [1.82, 2.24) is 4.90 Å². The minimum Gasteiger partial charge on any atom is -0.487 e. The van der Waals surface area contributed by atoms with Crippen molar-refractivity contribution in [2.45, 2.75) is 255 Å². The Hall–Kier alpha value is -3.54. The third kappa shape index (κ3) is 30.3. The zero-order chi connectivity index (χ0) is 52.7. The predicted molar refractivity (Wildman–Crippen MR) is 288 cm³/mol. The van der Waals surface area contributed by atoms with E-state index in [9.17, 15) is 19.2 Å². The van der Waals surface area contributed by atoms with Gasteiger partial charge in [0.1, 0.15) is 36.9 Å². The average Bonchev–Trinajstić information content (AvgIpc) is 3.35. The summed E-state index contributed by atoms with van der Waals surface area (Å²) in [6.07, 6.45) is 26.6. The number of fused-ring (bicyclic) bond motifs is 1. The van der Waals surface area contributed by atoms with Gasteiger partial charge in [0, 0.05) is 24.9 Å². The Labute approximate surface area is 433 Å². The van der Waals surface area contributed by atoms with E-state index >= 15 is 0 Å². The van der Waals surface area contributed by atoms with E-state index < -0.39 is 24.2 Å². The molecule has 2 rings (SSSR count). The van der Waals surface area contributed by atoms with Crippen LogP contribution in [0.15, 0.2) is 0 Å². The number of hydrogen-bond acceptors (Lipinski definition) is 12. The van der Waals surface area contributed by atoms with Crippen LogP contribution in [0.5, 0.6) is 11.5 Å². The number of nitrogens with zero attached hydrogens (tertiary/aromatic N) is 1. The van der Waals surface area contributed by atoms with Crippen LogP contribution in [0.25, 0.3) is 0 Å². The zero-order valence-electron chi connectivity index (χ0n) is 47.3. The lowest BCUT2D eigenvalue weighted by Gasteiger charge is -2.38. The van der Waals surface area contributed by atoms with Crippen LogP contribution >= 0.6 is 0 Å². The monoisotopic (exact) mass is 1000 g/mol. The molecule has 0 N–H and O–H groups in total. The molecule has 12 nitrogen and oxygen atoms in total. The predicted octanol–water partition coefficient (Wildman–Crippen LogP) is 15.9. The van der Waals surface area contributed by atoms with Crippen molar-refractivity contribution in [3.8, 4) is 11.5 Å². The second kappa shape index (κ2) is 40.9. The maximum Gasteiger partial charge on any atom is 0.513 e. The first-order valence-corrected chi connectivity index (χ1v) is 28.7. The Morgan fingerprint density at radius 1 is 0.577 bits per heavy atom. The number of ether oxygens (including phenoxy) is 7. The quantitative estimate of drug-likeness (QED) is 0.0268. The summed E-state index contributed by atoms with van der Waals surface area (Å²) in [5.41, 5.74) is 3.42. The highest BCUT2D eigenvalue weighted by molar-refractivity contribution is 5.70. The first-order valence-electron chi connectivity index (χ1n) is 28.7. The van der Waals surface area contributed by atoms with E-state index in [1.807, 2.05) is 34.6 Å². The van der Waals surface area contributed by atoms with Gasteiger partial charge in [-0.3, -0.25) is 9.59 Å². The molecule has 0 amide bonds. The standard InChI is InChI=1S/C57H99NO11.C2H6/c1-10-13-14-15-16-22-25-31-40-63-51(59)34-28-26-29-35-52(60)65-42-49(43-66-55(61)64-41-32-39-58(11-2)12-3)44-67-56(62)68-53-46(6)47(7)54-50(48(53)8)36-38-57(9,69-54)37-30-24-21-19-17-18-20-23-27-33-45(4)5;1-2/h45,49H,10-44H2,1-9H3;1-2H3. The molecule has 0 aromatic heterocycles. The molecule has 0 fully saturated rings. The molecule has 0 saturated carbocycles. The minimum atomic E-state index is -0.903. The molecule has 0 bridgehead atoms. The van der Waals surface area contributed by atoms with Gasteiger partial charge in [0.15, 0.2) is 0 Å². The van der Waals surface area contributed by atoms with Crippen molar-refractivity contribution in [2.24, 2.45) is 11.8 Å². The Kier molecular flexibility index (Phi) is 37.7. The van der Waals surface area contributed by atoms with Crippen molar-refractivity contribution >= 4 is 24.2 Å². The van der Waals surface area contributed by atoms with E-state index in [4.69, 9.17) is 33.2 Å². The molecular formula is C59H105NO11. The Bertz CT molecular complexity index is 1580. The number of carbonyl (C=O) groups excluding carboxylic acids is 4. The fraction of sp³-hybridized carbons (Fsp3) is 0.831. The fourth-order valence-electron chi connectivity index (χ4n) is 9.05. The van der Waals surface area contributed by atoms with E-state index in [1.54, 1.807) is 0 Å². The second-order valence-electron chi connectivity index (χ2n) is 20.4. The molecule has 1 aromatic rings. The van der Waals surface area contributed by atoms with Crippen LogP contribution in [0.1, 0.15) is 245 Å². The van der Waals surface area contributed by atoms with Gasteiger partial charge in [0.25, 0.3) is 0 Å². The molecule has 0 radical (unpaired) electrons. The number of hydrogen-bond donors (Lipinski definition) is 0. The molecule has 0 aliphatic carbocycles. The van der Waals surface area contributed by atoms with Crippen LogP contribution in [0, 0.1) is 32.6 Å². The van der Waals surface area contributed by atoms with Gasteiger partial charge in [-0.05, 0) is 115 Å². The van der Waals surface area contributed by atoms with Crippen LogP contribution in [0.4, 0.5) is 9.59 Å². The van der Waals surface area contributed by atoms with E-state index in [-0.39, 0.29) is 44.4 Å². The van der Waals surface area contributed by atoms with Crippen molar-refractivity contribution < 1.29 is 52.3 Å². The molecule has 2 atom stereocenters. The van der Waals surface area contributed by atoms with E-state index in [1.165, 1.54) is 96.3 Å². The van der Waals surface area contributed by atoms with Gasteiger partial charge in [-0.1, -0.05) is 158 Å². The lowest BCUT2D eigenvalue weighted by Crippen LogP contribution is -2.37. The van der Waals surface area contributed by atoms with Gasteiger partial charge in [-0.25, -0.2) is 9.59 Å². The molecule has 1 aromatic carbocycles. The minimum absolute atomic E-state index is 0.142. The molecular weight excluding hydrogens is 899 g/mol. The average molecular weight is 1000 g/mol. The topological polar surface area (TPSA) is 136 Å². The number of carbonyl (C=O) groups is 4. The maximum atomic E-state index is 13.3. The summed E-state index contributed by atoms with van der Waals surface area (Å²) >= 11 is 0. The number of unbranched alkanes of at least 4 members (excludes halogenated alkanes) is 17. The summed E-state index contributed by atoms with van der Waals surface area (Å²) in [5, 5.41) is 0. The molecule has 1 aliphatic rings. The first-order chi connectivity index (χ1) is 34.2. The zero-order valence-corrected chi connectivity index (χ0v) is 47.3. The summed E-state index contributed by atoms with van der Waals surface area (Å²) in [4.78, 5) is 53.0. The van der Waals surface area contributed by atoms with Crippen molar-refractivity contribution in [3.63, 3.8) is 0 Å². The molecule has 0 spiro atoms. The highest BCUT2D eigenvalue weighted by Crippen LogP contribution is 2.45. The molecule has 2 unspecified atom stereocenters. The van der Waals surface area contributed by atoms with Gasteiger partial charge in [-0.15, -0.1) is 0 Å². The summed E-state index contributed by atoms with van der Waals surface area (Å²) in [7, 11) is 0. The van der Waals surface area contributed by atoms with Crippen LogP contribution in [0.2, 0.25) is 0 Å². The summed E-state index contributed by atoms with van der Waals surface area (Å²) < 4.78 is 39.9. The Morgan fingerprint density at radius 3 is 1.68 bits per heavy atom. The second-order valence-corrected chi connectivity index (χ2v) is 20.4. The van der Waals surface area contributed by atoms with Gasteiger partial charge in [-0.2, -0.15) is 0 Å². The van der Waals surface area contributed by atoms with Crippen LogP contribution in [-0.2, 0) is 39.7 Å². The van der Waals surface area contributed by atoms with Crippen molar-refractivity contribution in [2.75, 3.05) is 52.7 Å². The lowest BCUT2D eigenvalue weighted by atomic mass is 9.84. The van der Waals surface area contributed by atoms with Crippen molar-refractivity contribution in [3.05, 3.63) is 22.3 Å². The summed E-state index contributed by atoms with van der Waals surface area (Å²) in [6, 6.07) is 0. The van der Waals surface area contributed by atoms with E-state index in [0.717, 1.165) is 92.1 Å². The third-order valence-corrected chi connectivity index (χ3v) is 13.8. The highest BCUT2D eigenvalue weighted by Gasteiger charge is 2.35. The molecule has 71 heavy (non-hydrogen) atoms. The maximum absolute atomic E-state index is 13.3. The number of benzene rings is 1. The normalized spacial score (nSPS) is 14.5. The third-order valence-electron chi connectivity index (χ3n) is 13.8. The van der Waals surface area contributed by atoms with E-state index in [2.05, 4.69) is 46.4 Å². The smallest absolute Gasteiger partial charge is 0.487 e. The number of rotatable bonds is 40. The molecule has 0 saturated heterocycles. The lowest BCUT2D eigenvalue weighted by molar-refractivity contribution is -0.146. The van der Waals surface area contributed by atoms with E-state index in [0.29, 0.717) is 44.5 Å². The van der Waals surface area contributed by atoms with Gasteiger partial charge in [0.05, 0.1) is 19.1 Å². The van der Waals surface area contributed by atoms with Crippen LogP contribution in [0.3, 0.4) is 0 Å². The van der Waals surface area contributed by atoms with Gasteiger partial charge < -0.3 is 38.1 Å². The largest absolute Gasteiger partial charge is 0.513 e. The molecule has 12 heteroatoms. The Morgan fingerprint density at radius 2 is 1.08 bits per heavy atom. The highest BCUT2D eigenvalue weighted by atomic mass is 16.7. The van der Waals surface area contributed by atoms with Gasteiger partial charge >= 0.3 is 24.2 Å². The van der Waals surface area contributed by atoms with Gasteiger partial charge in [0.2, 0.25) is 0 Å². The van der Waals surface area contributed by atoms with Crippen LogP contribution in [-0.4, -0.2) is 87.4 Å². The fourth-order valence-corrected chi connectivity index (χ4v) is 9.05. The summed E-state index contributed by atoms with van der Waals surface area (Å²) in [5.74, 6) is 0.861. The van der Waals surface area contributed by atoms with Crippen LogP contribution < -0.4 is 9.47 Å². The SMILES string of the molecule is CC.CCCCCCCCCCOC(=O)CCCCCC(=O)OCC(COC(=O)OCCCN(CC)CC)COC(=O)Oc1c(C)c(C)c2c(c1C)CCC(C)(CCCCCCCCCCCC(C)C)O2. The first kappa shape index (κ1) is 65.5. The molecule has 412 valence electrons. The summed E-state index contributed by atoms with van der Waals surface area (Å²) in [6.45, 7) is 25.9. The molecule has 1 aliphatic heterocycles. The molecule has 1 heterocycles. The number of esters is 2. The van der Waals surface area contributed by atoms with Crippen molar-refractivity contribution in [1.29, 1.82) is 0 Å².